The van der Waals surface area contributed by atoms with Crippen LogP contribution in [0.2, 0.25) is 0 Å². The number of esters is 1. The maximum atomic E-state index is 11.7. The molecule has 118 valence electrons. The van der Waals surface area contributed by atoms with Gasteiger partial charge in [0.15, 0.2) is 12.3 Å². The normalized spacial score (nSPS) is 21.8. The van der Waals surface area contributed by atoms with Gasteiger partial charge in [0.1, 0.15) is 11.9 Å². The first-order valence-corrected chi connectivity index (χ1v) is 7.15. The number of rotatable bonds is 6. The quantitative estimate of drug-likeness (QED) is 0.794. The number of hydrogen-bond acceptors (Lipinski definition) is 6. The molecule has 0 saturated carbocycles. The molecule has 1 N–H and O–H groups in total. The van der Waals surface area contributed by atoms with E-state index < -0.39 is 12.0 Å². The van der Waals surface area contributed by atoms with Gasteiger partial charge in [-0.25, -0.2) is 9.78 Å². The van der Waals surface area contributed by atoms with Gasteiger partial charge < -0.3 is 23.9 Å². The van der Waals surface area contributed by atoms with Crippen LogP contribution in [-0.2, 0) is 19.0 Å². The third-order valence-corrected chi connectivity index (χ3v) is 3.54. The Balaban J connectivity index is 2.08. The number of carbonyl (C=O) groups is 1. The molecule has 1 aromatic heterocycles. The summed E-state index contributed by atoms with van der Waals surface area (Å²) in [5.74, 6) is 0.0477. The van der Waals surface area contributed by atoms with E-state index in [2.05, 4.69) is 4.98 Å². The molecular weight excluding hydrogens is 276 g/mol. The van der Waals surface area contributed by atoms with Crippen molar-refractivity contribution in [2.24, 2.45) is 0 Å². The first kappa shape index (κ1) is 15.9. The lowest BCUT2D eigenvalue weighted by molar-refractivity contribution is -0.188. The van der Waals surface area contributed by atoms with Crippen LogP contribution in [0, 0.1) is 0 Å². The fourth-order valence-corrected chi connectivity index (χ4v) is 2.42. The lowest BCUT2D eigenvalue weighted by atomic mass is 10.2. The van der Waals surface area contributed by atoms with E-state index in [9.17, 15) is 9.90 Å². The second-order valence-corrected chi connectivity index (χ2v) is 4.99. The Labute approximate surface area is 123 Å². The third kappa shape index (κ3) is 3.81. The lowest BCUT2D eigenvalue weighted by Gasteiger charge is -2.27. The van der Waals surface area contributed by atoms with Gasteiger partial charge in [-0.1, -0.05) is 0 Å². The maximum Gasteiger partial charge on any atom is 0.331 e. The van der Waals surface area contributed by atoms with Crippen molar-refractivity contribution in [3.8, 4) is 0 Å². The number of carbonyl (C=O) groups excluding carboxylic acids is 1. The molecule has 1 aliphatic heterocycles. The van der Waals surface area contributed by atoms with E-state index in [4.69, 9.17) is 14.2 Å². The molecule has 1 saturated heterocycles. The van der Waals surface area contributed by atoms with E-state index in [1.54, 1.807) is 17.0 Å². The standard InChI is InChI=1S/C14H22N2O5/c1-10(21-12-5-3-4-8-20-12)13-15-6-7-16(13)11(9-17)14(18)19-2/h6-7,10-12,17H,3-5,8-9H2,1-2H3. The lowest BCUT2D eigenvalue weighted by Crippen LogP contribution is -2.28. The number of aliphatic hydroxyl groups is 1. The third-order valence-electron chi connectivity index (χ3n) is 3.54. The molecule has 3 atom stereocenters. The predicted octanol–water partition coefficient (Wildman–Crippen LogP) is 1.19. The number of methoxy groups -OCH3 is 1. The first-order valence-electron chi connectivity index (χ1n) is 7.15. The van der Waals surface area contributed by atoms with Gasteiger partial charge in [0.2, 0.25) is 0 Å². The molecule has 7 heteroatoms. The van der Waals surface area contributed by atoms with Crippen LogP contribution in [0.5, 0.6) is 0 Å². The van der Waals surface area contributed by atoms with Crippen LogP contribution in [0.25, 0.3) is 0 Å². The van der Waals surface area contributed by atoms with Crippen LogP contribution >= 0.6 is 0 Å². The summed E-state index contributed by atoms with van der Waals surface area (Å²) in [6.07, 6.45) is 5.60. The zero-order chi connectivity index (χ0) is 15.2. The molecule has 1 fully saturated rings. The minimum atomic E-state index is -0.814. The van der Waals surface area contributed by atoms with E-state index in [1.807, 2.05) is 6.92 Å². The van der Waals surface area contributed by atoms with Crippen molar-refractivity contribution in [1.29, 1.82) is 0 Å². The average molecular weight is 298 g/mol. The summed E-state index contributed by atoms with van der Waals surface area (Å²) in [6.45, 7) is 2.19. The Morgan fingerprint density at radius 1 is 1.62 bits per heavy atom. The monoisotopic (exact) mass is 298 g/mol. The Bertz CT molecular complexity index is 456. The van der Waals surface area contributed by atoms with Gasteiger partial charge in [-0.15, -0.1) is 0 Å². The molecule has 0 aliphatic carbocycles. The van der Waals surface area contributed by atoms with E-state index >= 15 is 0 Å². The summed E-state index contributed by atoms with van der Waals surface area (Å²) in [6, 6.07) is -0.814. The number of ether oxygens (including phenoxy) is 3. The zero-order valence-corrected chi connectivity index (χ0v) is 12.4. The van der Waals surface area contributed by atoms with Crippen LogP contribution in [0.1, 0.15) is 44.2 Å². The number of hydrogen-bond donors (Lipinski definition) is 1. The van der Waals surface area contributed by atoms with E-state index in [0.717, 1.165) is 19.3 Å². The SMILES string of the molecule is COC(=O)C(CO)n1ccnc1C(C)OC1CCCCO1. The fraction of sp³-hybridized carbons (Fsp3) is 0.714. The van der Waals surface area contributed by atoms with E-state index in [1.165, 1.54) is 7.11 Å². The van der Waals surface area contributed by atoms with E-state index in [-0.39, 0.29) is 19.0 Å². The van der Waals surface area contributed by atoms with Gasteiger partial charge in [-0.05, 0) is 26.2 Å². The minimum Gasteiger partial charge on any atom is -0.467 e. The Kier molecular flexibility index (Phi) is 5.72. The molecule has 7 nitrogen and oxygen atoms in total. The van der Waals surface area contributed by atoms with Gasteiger partial charge in [0.25, 0.3) is 0 Å². The Morgan fingerprint density at radius 2 is 2.43 bits per heavy atom. The maximum absolute atomic E-state index is 11.7. The van der Waals surface area contributed by atoms with E-state index in [0.29, 0.717) is 12.4 Å². The van der Waals surface area contributed by atoms with Crippen LogP contribution < -0.4 is 0 Å². The molecule has 0 aromatic carbocycles. The van der Waals surface area contributed by atoms with Crippen molar-refractivity contribution in [2.75, 3.05) is 20.3 Å². The molecule has 21 heavy (non-hydrogen) atoms. The second kappa shape index (κ2) is 7.53. The van der Waals surface area contributed by atoms with Gasteiger partial charge in [0, 0.05) is 19.0 Å². The van der Waals surface area contributed by atoms with Crippen molar-refractivity contribution in [3.63, 3.8) is 0 Å². The summed E-state index contributed by atoms with van der Waals surface area (Å²) in [7, 11) is 1.29. The van der Waals surface area contributed by atoms with Crippen LogP contribution in [0.3, 0.4) is 0 Å². The molecule has 0 bridgehead atoms. The number of imidazole rings is 1. The number of aliphatic hydroxyl groups excluding tert-OH is 1. The molecule has 0 radical (unpaired) electrons. The van der Waals surface area contributed by atoms with Crippen molar-refractivity contribution in [3.05, 3.63) is 18.2 Å². The molecular formula is C14H22N2O5. The highest BCUT2D eigenvalue weighted by Gasteiger charge is 2.27. The van der Waals surface area contributed by atoms with Gasteiger partial charge in [-0.3, -0.25) is 0 Å². The Hall–Kier alpha value is -1.44. The highest BCUT2D eigenvalue weighted by Crippen LogP contribution is 2.24. The van der Waals surface area contributed by atoms with Gasteiger partial charge in [-0.2, -0.15) is 0 Å². The molecule has 0 spiro atoms. The molecule has 3 unspecified atom stereocenters. The first-order chi connectivity index (χ1) is 10.2. The molecule has 1 aromatic rings. The topological polar surface area (TPSA) is 82.8 Å². The van der Waals surface area contributed by atoms with Gasteiger partial charge in [0.05, 0.1) is 13.7 Å². The summed E-state index contributed by atoms with van der Waals surface area (Å²) < 4.78 is 17.7. The second-order valence-electron chi connectivity index (χ2n) is 4.99. The largest absolute Gasteiger partial charge is 0.467 e. The van der Waals surface area contributed by atoms with Crippen molar-refractivity contribution < 1.29 is 24.1 Å². The van der Waals surface area contributed by atoms with Crippen molar-refractivity contribution in [2.45, 2.75) is 44.6 Å². The van der Waals surface area contributed by atoms with Crippen LogP contribution in [0.4, 0.5) is 0 Å². The highest BCUT2D eigenvalue weighted by atomic mass is 16.7. The van der Waals surface area contributed by atoms with Gasteiger partial charge >= 0.3 is 5.97 Å². The van der Waals surface area contributed by atoms with Crippen molar-refractivity contribution in [1.82, 2.24) is 9.55 Å². The zero-order valence-electron chi connectivity index (χ0n) is 12.4. The summed E-state index contributed by atoms with van der Waals surface area (Å²) in [5, 5.41) is 9.41. The minimum absolute atomic E-state index is 0.246. The summed E-state index contributed by atoms with van der Waals surface area (Å²) >= 11 is 0. The fourth-order valence-electron chi connectivity index (χ4n) is 2.42. The predicted molar refractivity (Wildman–Crippen MR) is 73.5 cm³/mol. The summed E-state index contributed by atoms with van der Waals surface area (Å²) in [5.41, 5.74) is 0. The number of aromatic nitrogens is 2. The van der Waals surface area contributed by atoms with Crippen LogP contribution in [0.15, 0.2) is 12.4 Å². The molecule has 2 heterocycles. The number of nitrogens with zero attached hydrogens (tertiary/aromatic N) is 2. The highest BCUT2D eigenvalue weighted by molar-refractivity contribution is 5.74. The van der Waals surface area contributed by atoms with Crippen LogP contribution in [-0.4, -0.2) is 47.2 Å². The molecule has 2 rings (SSSR count). The van der Waals surface area contributed by atoms with Crippen molar-refractivity contribution >= 4 is 5.97 Å². The summed E-state index contributed by atoms with van der Waals surface area (Å²) in [4.78, 5) is 15.9. The Morgan fingerprint density at radius 3 is 3.05 bits per heavy atom. The smallest absolute Gasteiger partial charge is 0.331 e. The average Bonchev–Trinajstić information content (AvgIpc) is 2.98. The molecule has 0 amide bonds. The molecule has 1 aliphatic rings.